The van der Waals surface area contributed by atoms with E-state index in [4.69, 9.17) is 0 Å². The van der Waals surface area contributed by atoms with E-state index in [1.54, 1.807) is 5.56 Å². The molecule has 0 bridgehead atoms. The molecule has 3 atom stereocenters. The summed E-state index contributed by atoms with van der Waals surface area (Å²) in [5.41, 5.74) is 3.08. The Balaban J connectivity index is 1.17. The van der Waals surface area contributed by atoms with Crippen LogP contribution in [0.25, 0.3) is 21.5 Å². The Morgan fingerprint density at radius 2 is 1.38 bits per heavy atom. The Bertz CT molecular complexity index is 1170. The molecule has 3 unspecified atom stereocenters. The molecule has 144 valence electrons. The summed E-state index contributed by atoms with van der Waals surface area (Å²) in [7, 11) is 0. The monoisotopic (exact) mass is 377 g/mol. The molecule has 1 aliphatic carbocycles. The zero-order valence-corrected chi connectivity index (χ0v) is 16.8. The zero-order valence-electron chi connectivity index (χ0n) is 16.8. The van der Waals surface area contributed by atoms with Gasteiger partial charge in [0.05, 0.1) is 0 Å². The van der Waals surface area contributed by atoms with Gasteiger partial charge in [-0.25, -0.2) is 0 Å². The van der Waals surface area contributed by atoms with E-state index in [0.717, 1.165) is 24.2 Å². The Labute approximate surface area is 173 Å². The quantitative estimate of drug-likeness (QED) is 0.405. The van der Waals surface area contributed by atoms with Crippen molar-refractivity contribution in [3.8, 4) is 0 Å². The summed E-state index contributed by atoms with van der Waals surface area (Å²) in [5, 5.41) is 5.64. The third-order valence-corrected chi connectivity index (χ3v) is 7.44. The lowest BCUT2D eigenvalue weighted by Crippen LogP contribution is -2.33. The maximum Gasteiger partial charge on any atom is 0.00223 e. The highest BCUT2D eigenvalue weighted by Crippen LogP contribution is 2.52. The first-order chi connectivity index (χ1) is 14.4. The summed E-state index contributed by atoms with van der Waals surface area (Å²) < 4.78 is 0. The predicted octanol–water partition coefficient (Wildman–Crippen LogP) is 6.27. The summed E-state index contributed by atoms with van der Waals surface area (Å²) >= 11 is 0. The SMILES string of the molecule is c1ccc2c(CCN3CC4CC(c5cccc6ccccc56)C4C3)cccc2c1. The van der Waals surface area contributed by atoms with Crippen molar-refractivity contribution in [3.05, 3.63) is 96.1 Å². The van der Waals surface area contributed by atoms with Gasteiger partial charge in [-0.1, -0.05) is 84.9 Å². The van der Waals surface area contributed by atoms with Crippen molar-refractivity contribution in [2.75, 3.05) is 19.6 Å². The van der Waals surface area contributed by atoms with Crippen LogP contribution in [0, 0.1) is 11.8 Å². The molecular formula is C28H27N. The molecule has 29 heavy (non-hydrogen) atoms. The van der Waals surface area contributed by atoms with Gasteiger partial charge in [-0.2, -0.15) is 0 Å². The van der Waals surface area contributed by atoms with E-state index < -0.39 is 0 Å². The standard InChI is InChI=1S/C28H27N/c1-3-12-24-20(7-1)9-5-10-22(24)15-16-29-18-23-17-27(28(23)19-29)26-14-6-11-21-8-2-4-13-25(21)26/h1-14,23,27-28H,15-19H2. The van der Waals surface area contributed by atoms with Crippen LogP contribution in [0.5, 0.6) is 0 Å². The van der Waals surface area contributed by atoms with Crippen LogP contribution in [0.4, 0.5) is 0 Å². The van der Waals surface area contributed by atoms with Gasteiger partial charge in [0.1, 0.15) is 0 Å². The lowest BCUT2D eigenvalue weighted by atomic mass is 9.63. The van der Waals surface area contributed by atoms with Gasteiger partial charge in [-0.05, 0) is 63.3 Å². The molecule has 1 heteroatoms. The van der Waals surface area contributed by atoms with Crippen molar-refractivity contribution in [1.82, 2.24) is 4.90 Å². The first kappa shape index (κ1) is 17.2. The number of hydrogen-bond donors (Lipinski definition) is 0. The first-order valence-corrected chi connectivity index (χ1v) is 11.0. The fourth-order valence-electron chi connectivity index (χ4n) is 5.90. The number of benzene rings is 4. The van der Waals surface area contributed by atoms with Crippen molar-refractivity contribution < 1.29 is 0 Å². The number of likely N-dealkylation sites (tertiary alicyclic amines) is 1. The molecule has 4 aromatic rings. The molecule has 1 nitrogen and oxygen atoms in total. The molecule has 4 aromatic carbocycles. The lowest BCUT2D eigenvalue weighted by molar-refractivity contribution is 0.192. The van der Waals surface area contributed by atoms with Gasteiger partial charge >= 0.3 is 0 Å². The molecular weight excluding hydrogens is 350 g/mol. The molecule has 1 heterocycles. The highest BCUT2D eigenvalue weighted by Gasteiger charge is 2.47. The Morgan fingerprint density at radius 3 is 2.24 bits per heavy atom. The van der Waals surface area contributed by atoms with Crippen LogP contribution in [0.3, 0.4) is 0 Å². The van der Waals surface area contributed by atoms with Crippen LogP contribution in [-0.2, 0) is 6.42 Å². The van der Waals surface area contributed by atoms with Gasteiger partial charge in [0.25, 0.3) is 0 Å². The molecule has 0 spiro atoms. The van der Waals surface area contributed by atoms with Crippen molar-refractivity contribution in [1.29, 1.82) is 0 Å². The van der Waals surface area contributed by atoms with E-state index in [1.165, 1.54) is 53.2 Å². The molecule has 0 amide bonds. The van der Waals surface area contributed by atoms with Gasteiger partial charge in [-0.15, -0.1) is 0 Å². The van der Waals surface area contributed by atoms with E-state index in [9.17, 15) is 0 Å². The number of hydrogen-bond acceptors (Lipinski definition) is 1. The fourth-order valence-corrected chi connectivity index (χ4v) is 5.90. The van der Waals surface area contributed by atoms with Crippen LogP contribution >= 0.6 is 0 Å². The minimum Gasteiger partial charge on any atom is -0.302 e. The number of nitrogens with zero attached hydrogens (tertiary/aromatic N) is 1. The van der Waals surface area contributed by atoms with Crippen molar-refractivity contribution in [2.24, 2.45) is 11.8 Å². The Hall–Kier alpha value is -2.64. The summed E-state index contributed by atoms with van der Waals surface area (Å²) in [6.07, 6.45) is 2.52. The highest BCUT2D eigenvalue weighted by molar-refractivity contribution is 5.86. The third kappa shape index (κ3) is 2.96. The summed E-state index contributed by atoms with van der Waals surface area (Å²) in [5.74, 6) is 2.48. The normalized spacial score (nSPS) is 23.9. The minimum absolute atomic E-state index is 0.744. The summed E-state index contributed by atoms with van der Waals surface area (Å²) in [6.45, 7) is 3.74. The fraction of sp³-hybridized carbons (Fsp3) is 0.286. The van der Waals surface area contributed by atoms with Gasteiger partial charge in [0.15, 0.2) is 0 Å². The highest BCUT2D eigenvalue weighted by atomic mass is 15.2. The van der Waals surface area contributed by atoms with Crippen molar-refractivity contribution in [3.63, 3.8) is 0 Å². The Kier molecular flexibility index (Phi) is 4.16. The van der Waals surface area contributed by atoms with Crippen molar-refractivity contribution in [2.45, 2.75) is 18.8 Å². The van der Waals surface area contributed by atoms with Crippen LogP contribution in [-0.4, -0.2) is 24.5 Å². The maximum absolute atomic E-state index is 2.72. The number of fused-ring (bicyclic) bond motifs is 3. The zero-order chi connectivity index (χ0) is 19.2. The van der Waals surface area contributed by atoms with E-state index in [0.29, 0.717) is 0 Å². The molecule has 2 aliphatic rings. The summed E-state index contributed by atoms with van der Waals surface area (Å²) in [6, 6.07) is 31.3. The van der Waals surface area contributed by atoms with Crippen molar-refractivity contribution >= 4 is 21.5 Å². The molecule has 1 saturated heterocycles. The largest absolute Gasteiger partial charge is 0.302 e. The van der Waals surface area contributed by atoms with Crippen LogP contribution in [0.2, 0.25) is 0 Å². The third-order valence-electron chi connectivity index (χ3n) is 7.44. The average molecular weight is 378 g/mol. The Morgan fingerprint density at radius 1 is 0.690 bits per heavy atom. The molecule has 0 N–H and O–H groups in total. The number of rotatable bonds is 4. The predicted molar refractivity (Wildman–Crippen MR) is 122 cm³/mol. The van der Waals surface area contributed by atoms with Gasteiger partial charge < -0.3 is 4.90 Å². The van der Waals surface area contributed by atoms with Gasteiger partial charge in [-0.3, -0.25) is 0 Å². The molecule has 1 aliphatic heterocycles. The van der Waals surface area contributed by atoms with Crippen LogP contribution in [0.1, 0.15) is 23.5 Å². The first-order valence-electron chi connectivity index (χ1n) is 11.0. The van der Waals surface area contributed by atoms with E-state index >= 15 is 0 Å². The average Bonchev–Trinajstić information content (AvgIpc) is 3.08. The smallest absolute Gasteiger partial charge is 0.00223 e. The van der Waals surface area contributed by atoms with Crippen LogP contribution in [0.15, 0.2) is 84.9 Å². The van der Waals surface area contributed by atoms with Crippen LogP contribution < -0.4 is 0 Å². The van der Waals surface area contributed by atoms with E-state index in [2.05, 4.69) is 89.8 Å². The minimum atomic E-state index is 0.744. The van der Waals surface area contributed by atoms with Gasteiger partial charge in [0, 0.05) is 19.6 Å². The second-order valence-electron chi connectivity index (χ2n) is 8.98. The maximum atomic E-state index is 2.72. The second-order valence-corrected chi connectivity index (χ2v) is 8.98. The second kappa shape index (κ2) is 7.00. The molecule has 6 rings (SSSR count). The molecule has 2 fully saturated rings. The van der Waals surface area contributed by atoms with Gasteiger partial charge in [0.2, 0.25) is 0 Å². The topological polar surface area (TPSA) is 3.24 Å². The molecule has 0 aromatic heterocycles. The van der Waals surface area contributed by atoms with E-state index in [-0.39, 0.29) is 0 Å². The molecule has 0 radical (unpaired) electrons. The van der Waals surface area contributed by atoms with E-state index in [1.807, 2.05) is 0 Å². The summed E-state index contributed by atoms with van der Waals surface area (Å²) in [4.78, 5) is 2.72. The lowest BCUT2D eigenvalue weighted by Gasteiger charge is -2.40. The molecule has 1 saturated carbocycles.